The van der Waals surface area contributed by atoms with Crippen molar-refractivity contribution >= 4 is 5.91 Å². The van der Waals surface area contributed by atoms with E-state index in [0.717, 1.165) is 31.2 Å². The van der Waals surface area contributed by atoms with Crippen LogP contribution in [0, 0.1) is 6.92 Å². The Kier molecular flexibility index (Phi) is 4.32. The van der Waals surface area contributed by atoms with Crippen molar-refractivity contribution in [1.29, 1.82) is 0 Å². The van der Waals surface area contributed by atoms with Gasteiger partial charge in [-0.1, -0.05) is 30.3 Å². The molecule has 2 aromatic rings. The second-order valence-electron chi connectivity index (χ2n) is 6.26. The van der Waals surface area contributed by atoms with Gasteiger partial charge in [0, 0.05) is 18.7 Å². The van der Waals surface area contributed by atoms with Crippen molar-refractivity contribution < 1.29 is 9.21 Å². The van der Waals surface area contributed by atoms with Crippen LogP contribution in [0.2, 0.25) is 0 Å². The summed E-state index contributed by atoms with van der Waals surface area (Å²) in [6, 6.07) is 12.9. The fraction of sp³-hybridized carbons (Fsp3) is 0.421. The van der Waals surface area contributed by atoms with Crippen LogP contribution in [0.1, 0.15) is 53.3 Å². The Morgan fingerprint density at radius 1 is 1.09 bits per heavy atom. The van der Waals surface area contributed by atoms with Gasteiger partial charge < -0.3 is 9.32 Å². The van der Waals surface area contributed by atoms with Crippen LogP contribution < -0.4 is 0 Å². The zero-order chi connectivity index (χ0) is 15.5. The first-order valence-corrected chi connectivity index (χ1v) is 8.03. The summed E-state index contributed by atoms with van der Waals surface area (Å²) in [5.74, 6) is 1.12. The zero-order valence-electron chi connectivity index (χ0n) is 13.3. The molecule has 0 atom stereocenters. The minimum Gasteiger partial charge on any atom is -0.459 e. The molecule has 0 unspecified atom stereocenters. The average Bonchev–Trinajstić information content (AvgIpc) is 3.00. The van der Waals surface area contributed by atoms with Crippen molar-refractivity contribution in [3.05, 3.63) is 59.5 Å². The highest BCUT2D eigenvalue weighted by atomic mass is 16.3. The molecule has 116 valence electrons. The minimum absolute atomic E-state index is 0.00524. The highest BCUT2D eigenvalue weighted by Crippen LogP contribution is 2.34. The summed E-state index contributed by atoms with van der Waals surface area (Å²) < 4.78 is 5.34. The van der Waals surface area contributed by atoms with Gasteiger partial charge in [0.25, 0.3) is 5.91 Å². The normalized spacial score (nSPS) is 21.5. The fourth-order valence-electron chi connectivity index (χ4n) is 3.44. The van der Waals surface area contributed by atoms with E-state index in [9.17, 15) is 4.79 Å². The molecule has 0 bridgehead atoms. The Balaban J connectivity index is 1.61. The predicted octanol–water partition coefficient (Wildman–Crippen LogP) is 4.39. The van der Waals surface area contributed by atoms with Gasteiger partial charge in [0.2, 0.25) is 0 Å². The molecule has 0 spiro atoms. The molecule has 0 radical (unpaired) electrons. The summed E-state index contributed by atoms with van der Waals surface area (Å²) in [4.78, 5) is 14.4. The van der Waals surface area contributed by atoms with Gasteiger partial charge in [0.1, 0.15) is 0 Å². The molecule has 3 heteroatoms. The maximum absolute atomic E-state index is 12.5. The number of amides is 1. The first-order valence-electron chi connectivity index (χ1n) is 8.03. The smallest absolute Gasteiger partial charge is 0.289 e. The standard InChI is InChI=1S/C19H23NO2/c1-14-12-13-22-18(14)19(21)20(2)17-10-8-16(9-11-17)15-6-4-3-5-7-15/h3-7,12-13,16-17H,8-11H2,1-2H3. The van der Waals surface area contributed by atoms with Gasteiger partial charge in [0.05, 0.1) is 6.26 Å². The molecule has 0 N–H and O–H groups in total. The molecule has 22 heavy (non-hydrogen) atoms. The first kappa shape index (κ1) is 14.9. The van der Waals surface area contributed by atoms with E-state index in [1.165, 1.54) is 5.56 Å². The van der Waals surface area contributed by atoms with Gasteiger partial charge in [-0.25, -0.2) is 0 Å². The second kappa shape index (κ2) is 6.39. The summed E-state index contributed by atoms with van der Waals surface area (Å²) >= 11 is 0. The highest BCUT2D eigenvalue weighted by Gasteiger charge is 2.29. The van der Waals surface area contributed by atoms with Crippen LogP contribution in [0.3, 0.4) is 0 Å². The van der Waals surface area contributed by atoms with E-state index in [4.69, 9.17) is 4.42 Å². The molecule has 1 aromatic heterocycles. The van der Waals surface area contributed by atoms with E-state index in [0.29, 0.717) is 17.7 Å². The van der Waals surface area contributed by atoms with E-state index in [-0.39, 0.29) is 5.91 Å². The molecule has 1 heterocycles. The molecular formula is C19H23NO2. The number of carbonyl (C=O) groups excluding carboxylic acids is 1. The largest absolute Gasteiger partial charge is 0.459 e. The quantitative estimate of drug-likeness (QED) is 0.842. The SMILES string of the molecule is Cc1ccoc1C(=O)N(C)C1CCC(c2ccccc2)CC1. The Morgan fingerprint density at radius 3 is 2.36 bits per heavy atom. The number of benzene rings is 1. The molecule has 0 saturated heterocycles. The maximum atomic E-state index is 12.5. The van der Waals surface area contributed by atoms with E-state index >= 15 is 0 Å². The van der Waals surface area contributed by atoms with Gasteiger partial charge in [-0.05, 0) is 50.2 Å². The fourth-order valence-corrected chi connectivity index (χ4v) is 3.44. The Morgan fingerprint density at radius 2 is 1.77 bits per heavy atom. The van der Waals surface area contributed by atoms with Crippen molar-refractivity contribution in [2.24, 2.45) is 0 Å². The molecular weight excluding hydrogens is 274 g/mol. The van der Waals surface area contributed by atoms with Crippen LogP contribution in [0.5, 0.6) is 0 Å². The summed E-state index contributed by atoms with van der Waals surface area (Å²) in [5.41, 5.74) is 2.34. The summed E-state index contributed by atoms with van der Waals surface area (Å²) in [7, 11) is 1.90. The number of nitrogens with zero attached hydrogens (tertiary/aromatic N) is 1. The molecule has 1 amide bonds. The van der Waals surface area contributed by atoms with Gasteiger partial charge in [-0.2, -0.15) is 0 Å². The monoisotopic (exact) mass is 297 g/mol. The molecule has 1 saturated carbocycles. The van der Waals surface area contributed by atoms with Crippen LogP contribution in [0.15, 0.2) is 47.1 Å². The lowest BCUT2D eigenvalue weighted by Crippen LogP contribution is -2.39. The second-order valence-corrected chi connectivity index (χ2v) is 6.26. The molecule has 1 aromatic carbocycles. The molecule has 1 fully saturated rings. The van der Waals surface area contributed by atoms with Crippen LogP contribution in [-0.4, -0.2) is 23.9 Å². The van der Waals surface area contributed by atoms with Gasteiger partial charge in [-0.3, -0.25) is 4.79 Å². The zero-order valence-corrected chi connectivity index (χ0v) is 13.3. The van der Waals surface area contributed by atoms with Crippen LogP contribution in [0.25, 0.3) is 0 Å². The summed E-state index contributed by atoms with van der Waals surface area (Å²) in [6.45, 7) is 1.91. The van der Waals surface area contributed by atoms with Crippen molar-refractivity contribution in [1.82, 2.24) is 4.90 Å². The molecule has 0 aliphatic heterocycles. The lowest BCUT2D eigenvalue weighted by Gasteiger charge is -2.34. The van der Waals surface area contributed by atoms with Crippen molar-refractivity contribution in [2.45, 2.75) is 44.6 Å². The number of hydrogen-bond donors (Lipinski definition) is 0. The van der Waals surface area contributed by atoms with E-state index in [1.807, 2.05) is 24.9 Å². The van der Waals surface area contributed by atoms with Gasteiger partial charge in [0.15, 0.2) is 5.76 Å². The van der Waals surface area contributed by atoms with Crippen molar-refractivity contribution in [3.8, 4) is 0 Å². The summed E-state index contributed by atoms with van der Waals surface area (Å²) in [6.07, 6.45) is 5.98. The highest BCUT2D eigenvalue weighted by molar-refractivity contribution is 5.92. The van der Waals surface area contributed by atoms with E-state index in [1.54, 1.807) is 6.26 Å². The third kappa shape index (κ3) is 2.94. The molecule has 1 aliphatic rings. The number of carbonyl (C=O) groups is 1. The maximum Gasteiger partial charge on any atom is 0.289 e. The number of hydrogen-bond acceptors (Lipinski definition) is 2. The van der Waals surface area contributed by atoms with Crippen LogP contribution in [-0.2, 0) is 0 Å². The number of furan rings is 1. The van der Waals surface area contributed by atoms with Gasteiger partial charge >= 0.3 is 0 Å². The van der Waals surface area contributed by atoms with E-state index < -0.39 is 0 Å². The third-order valence-corrected chi connectivity index (χ3v) is 4.89. The number of aryl methyl sites for hydroxylation is 1. The predicted molar refractivity (Wildman–Crippen MR) is 87.0 cm³/mol. The van der Waals surface area contributed by atoms with Crippen LogP contribution >= 0.6 is 0 Å². The first-order chi connectivity index (χ1) is 10.7. The van der Waals surface area contributed by atoms with E-state index in [2.05, 4.69) is 30.3 Å². The molecule has 3 rings (SSSR count). The van der Waals surface area contributed by atoms with Crippen molar-refractivity contribution in [3.63, 3.8) is 0 Å². The lowest BCUT2D eigenvalue weighted by atomic mass is 9.81. The third-order valence-electron chi connectivity index (χ3n) is 4.89. The molecule has 3 nitrogen and oxygen atoms in total. The molecule has 1 aliphatic carbocycles. The Bertz CT molecular complexity index is 624. The Hall–Kier alpha value is -2.03. The average molecular weight is 297 g/mol. The van der Waals surface area contributed by atoms with Gasteiger partial charge in [-0.15, -0.1) is 0 Å². The summed E-state index contributed by atoms with van der Waals surface area (Å²) in [5, 5.41) is 0. The Labute approximate surface area is 131 Å². The minimum atomic E-state index is 0.00524. The van der Waals surface area contributed by atoms with Crippen molar-refractivity contribution in [2.75, 3.05) is 7.05 Å². The number of rotatable bonds is 3. The van der Waals surface area contributed by atoms with Crippen LogP contribution in [0.4, 0.5) is 0 Å². The topological polar surface area (TPSA) is 33.5 Å². The lowest BCUT2D eigenvalue weighted by molar-refractivity contribution is 0.0656.